The molecule has 8 unspecified atom stereocenters. The Balaban J connectivity index is 0. The molecule has 0 aromatic rings. The first-order valence-corrected chi connectivity index (χ1v) is 28.7. The summed E-state index contributed by atoms with van der Waals surface area (Å²) in [6, 6.07) is 0. The normalized spacial score (nSPS) is 19.9. The Labute approximate surface area is 285 Å². The van der Waals surface area contributed by atoms with Gasteiger partial charge in [-0.2, -0.15) is 0 Å². The minimum absolute atomic E-state index is 0. The maximum absolute atomic E-state index is 12.9. The summed E-state index contributed by atoms with van der Waals surface area (Å²) in [5, 5.41) is 0. The Morgan fingerprint density at radius 3 is 0.490 bits per heavy atom. The fraction of sp³-hybridized carbons (Fsp3) is 1.00. The van der Waals surface area contributed by atoms with E-state index in [0.717, 1.165) is 0 Å². The number of hydrogen-bond acceptors (Lipinski definition) is 10. The predicted octanol–water partition coefficient (Wildman–Crippen LogP) is -5.47. The van der Waals surface area contributed by atoms with E-state index in [1.54, 1.807) is 0 Å². The van der Waals surface area contributed by atoms with Crippen molar-refractivity contribution in [1.29, 1.82) is 0 Å². The van der Waals surface area contributed by atoms with Crippen LogP contribution in [0.25, 0.3) is 0 Å². The lowest BCUT2D eigenvalue weighted by molar-refractivity contribution is 0.270. The molecular formula is C10H35BO30P10. The van der Waals surface area contributed by atoms with Crippen molar-refractivity contribution in [3.63, 3.8) is 0 Å². The minimum atomic E-state index is -7.39. The van der Waals surface area contributed by atoms with E-state index in [1.165, 1.54) is 0 Å². The van der Waals surface area contributed by atoms with E-state index in [1.807, 2.05) is 0 Å². The van der Waals surface area contributed by atoms with Crippen LogP contribution in [0.3, 0.4) is 0 Å². The van der Waals surface area contributed by atoms with Crippen LogP contribution in [-0.2, 0) is 45.7 Å². The zero-order valence-electron chi connectivity index (χ0n) is 23.5. The summed E-state index contributed by atoms with van der Waals surface area (Å²) in [5.74, 6) is 0. The van der Waals surface area contributed by atoms with Gasteiger partial charge in [0.05, 0.1) is 66.0 Å². The van der Waals surface area contributed by atoms with Crippen molar-refractivity contribution < 1.29 is 144 Å². The molecule has 20 N–H and O–H groups in total. The summed E-state index contributed by atoms with van der Waals surface area (Å²) in [6.07, 6.45) is -5.18. The second-order valence-electron chi connectivity index (χ2n) is 10.5. The summed E-state index contributed by atoms with van der Waals surface area (Å²) in [4.78, 5) is 197. The fourth-order valence-corrected chi connectivity index (χ4v) is 26.0. The molecule has 0 radical (unpaired) electrons. The molecule has 0 aliphatic heterocycles. The van der Waals surface area contributed by atoms with Crippen molar-refractivity contribution in [2.75, 3.05) is 12.3 Å². The van der Waals surface area contributed by atoms with Crippen LogP contribution in [0.5, 0.6) is 0 Å². The molecule has 0 fully saturated rings. The van der Waals surface area contributed by atoms with Gasteiger partial charge >= 0.3 is 76.0 Å². The summed E-state index contributed by atoms with van der Waals surface area (Å²) < 4.78 is 124. The highest BCUT2D eigenvalue weighted by molar-refractivity contribution is 7.64. The summed E-state index contributed by atoms with van der Waals surface area (Å²) in [7, 11) is -69.2. The molecule has 41 heteroatoms. The standard InChI is InChI=1S/C10H32O30P10.BH3/c11-41(12,13)1-3(43(17,18)19)5(45(23,24)25)7(47(29,30)31)9(49(35,36)37)10(50(38,39)40)8(48(32,33)34)6(46(26,27)28)4(44(20,21)22)2-42(14,15)16;/h3-10H,1-2H2,(H2,11,12,13)(H2,14,15,16)(H2,17,18,19)(H2,20,21,22)(H2,23,24,25)(H2,26,27,28)(H2,29,30,31)(H2,32,33,34)(H2,35,36,37)(H2,38,39,40);1H3. The third-order valence-corrected chi connectivity index (χ3v) is 21.9. The van der Waals surface area contributed by atoms with E-state index < -0.39 is 134 Å². The van der Waals surface area contributed by atoms with E-state index in [-0.39, 0.29) is 8.41 Å². The Kier molecular flexibility index (Phi) is 18.4. The third kappa shape index (κ3) is 16.5. The molecule has 0 rings (SSSR count). The minimum Gasteiger partial charge on any atom is -0.324 e. The van der Waals surface area contributed by atoms with Gasteiger partial charge in [0.2, 0.25) is 0 Å². The van der Waals surface area contributed by atoms with Crippen LogP contribution < -0.4 is 0 Å². The van der Waals surface area contributed by atoms with Crippen molar-refractivity contribution in [3.05, 3.63) is 0 Å². The van der Waals surface area contributed by atoms with Crippen LogP contribution in [0.2, 0.25) is 0 Å². The van der Waals surface area contributed by atoms with Crippen LogP contribution >= 0.6 is 76.0 Å². The SMILES string of the molecule is B.O=P(O)(O)CC(C(C(C(C(C(C(C(CP(=O)(O)O)P(=O)(O)O)P(=O)(O)O)P(=O)(O)O)P(=O)(O)O)P(=O)(O)O)P(=O)(O)O)P(=O)(O)O)P(=O)(O)O. The first-order valence-electron chi connectivity index (χ1n) is 11.7. The lowest BCUT2D eigenvalue weighted by Crippen LogP contribution is -2.55. The predicted molar refractivity (Wildman–Crippen MR) is 170 cm³/mol. The summed E-state index contributed by atoms with van der Waals surface area (Å²) in [6.45, 7) is 0. The first-order chi connectivity index (χ1) is 21.2. The van der Waals surface area contributed by atoms with Gasteiger partial charge in [0, 0.05) is 0 Å². The average Bonchev–Trinajstić information content (AvgIpc) is 2.70. The Hall–Kier alpha value is 1.56. The smallest absolute Gasteiger partial charge is 0.324 e. The van der Waals surface area contributed by atoms with E-state index >= 15 is 0 Å². The molecule has 0 saturated heterocycles. The molecule has 0 aromatic heterocycles. The molecule has 308 valence electrons. The molecule has 30 nitrogen and oxygen atoms in total. The molecule has 0 bridgehead atoms. The highest BCUT2D eigenvalue weighted by atomic mass is 31.2. The highest BCUT2D eigenvalue weighted by Gasteiger charge is 2.70. The number of hydrogen-bond donors (Lipinski definition) is 20. The average molecular weight is 956 g/mol. The molecule has 51 heavy (non-hydrogen) atoms. The van der Waals surface area contributed by atoms with Crippen LogP contribution in [0, 0.1) is 0 Å². The quantitative estimate of drug-likeness (QED) is 0.0424. The lowest BCUT2D eigenvalue weighted by atomic mass is 10.0. The maximum Gasteiger partial charge on any atom is 0.330 e. The van der Waals surface area contributed by atoms with Gasteiger partial charge in [-0.05, 0) is 0 Å². The van der Waals surface area contributed by atoms with E-state index in [4.69, 9.17) is 0 Å². The topological polar surface area (TPSA) is 575 Å². The van der Waals surface area contributed by atoms with Crippen LogP contribution in [0.15, 0.2) is 0 Å². The van der Waals surface area contributed by atoms with Gasteiger partial charge in [-0.15, -0.1) is 0 Å². The number of rotatable bonds is 19. The fourth-order valence-electron chi connectivity index (χ4n) is 5.02. The molecular weight excluding hydrogens is 921 g/mol. The summed E-state index contributed by atoms with van der Waals surface area (Å²) >= 11 is 0. The van der Waals surface area contributed by atoms with E-state index in [2.05, 4.69) is 0 Å². The van der Waals surface area contributed by atoms with E-state index in [9.17, 15) is 144 Å². The van der Waals surface area contributed by atoms with Crippen molar-refractivity contribution in [1.82, 2.24) is 0 Å². The maximum atomic E-state index is 12.9. The van der Waals surface area contributed by atoms with Gasteiger partial charge in [-0.1, -0.05) is 0 Å². The summed E-state index contributed by atoms with van der Waals surface area (Å²) in [5.41, 5.74) is -35.1. The molecule has 0 aliphatic rings. The van der Waals surface area contributed by atoms with Gasteiger partial charge in [-0.25, -0.2) is 0 Å². The van der Waals surface area contributed by atoms with Gasteiger partial charge in [0.25, 0.3) is 0 Å². The molecule has 0 amide bonds. The largest absolute Gasteiger partial charge is 0.330 e. The van der Waals surface area contributed by atoms with Crippen LogP contribution in [0.4, 0.5) is 0 Å². The third-order valence-electron chi connectivity index (χ3n) is 6.58. The van der Waals surface area contributed by atoms with Crippen molar-refractivity contribution in [2.24, 2.45) is 0 Å². The zero-order valence-corrected chi connectivity index (χ0v) is 32.5. The van der Waals surface area contributed by atoms with Gasteiger partial charge in [0.1, 0.15) is 0 Å². The van der Waals surface area contributed by atoms with Crippen LogP contribution in [-0.4, -0.2) is 164 Å². The first kappa shape index (κ1) is 54.7. The van der Waals surface area contributed by atoms with Gasteiger partial charge in [-0.3, -0.25) is 45.7 Å². The second kappa shape index (κ2) is 17.2. The highest BCUT2D eigenvalue weighted by Crippen LogP contribution is 2.74. The molecule has 0 saturated carbocycles. The molecule has 0 spiro atoms. The Bertz CT molecular complexity index is 1590. The Morgan fingerprint density at radius 2 is 0.392 bits per heavy atom. The molecule has 8 atom stereocenters. The molecule has 0 heterocycles. The van der Waals surface area contributed by atoms with Crippen molar-refractivity contribution >= 4 is 84.4 Å². The van der Waals surface area contributed by atoms with E-state index in [0.29, 0.717) is 0 Å². The second-order valence-corrected chi connectivity index (χ2v) is 28.2. The monoisotopic (exact) mass is 956 g/mol. The van der Waals surface area contributed by atoms with Gasteiger partial charge in [0.15, 0.2) is 0 Å². The lowest BCUT2D eigenvalue weighted by Gasteiger charge is -2.45. The Morgan fingerprint density at radius 1 is 0.255 bits per heavy atom. The molecule has 0 aromatic carbocycles. The van der Waals surface area contributed by atoms with Crippen LogP contribution in [0.1, 0.15) is 0 Å². The van der Waals surface area contributed by atoms with Crippen molar-refractivity contribution in [3.8, 4) is 0 Å². The molecule has 0 aliphatic carbocycles. The van der Waals surface area contributed by atoms with Gasteiger partial charge < -0.3 is 97.9 Å². The van der Waals surface area contributed by atoms with Crippen molar-refractivity contribution in [2.45, 2.75) is 45.3 Å². The zero-order chi connectivity index (χ0) is 41.0.